The Bertz CT molecular complexity index is 985. The van der Waals surface area contributed by atoms with Gasteiger partial charge in [0, 0.05) is 62.0 Å². The third-order valence-corrected chi connectivity index (χ3v) is 5.51. The first-order valence-electron chi connectivity index (χ1n) is 12.8. The summed E-state index contributed by atoms with van der Waals surface area (Å²) in [4.78, 5) is 56.9. The fraction of sp³-hybridized carbons (Fsp3) is 0.481. The SMILES string of the molecule is CC(C)C[C@@H](NC(=O)CCCCNC(=O)c1ccncc1)C(=O)NCCCCC(=O)Nc1ccncc1. The molecule has 0 saturated heterocycles. The Balaban J connectivity index is 1.62. The molecule has 0 aliphatic heterocycles. The fourth-order valence-electron chi connectivity index (χ4n) is 3.59. The maximum absolute atomic E-state index is 12.7. The van der Waals surface area contributed by atoms with Crippen molar-refractivity contribution in [3.8, 4) is 0 Å². The van der Waals surface area contributed by atoms with Crippen LogP contribution in [0.5, 0.6) is 0 Å². The van der Waals surface area contributed by atoms with Gasteiger partial charge < -0.3 is 21.3 Å². The lowest BCUT2D eigenvalue weighted by molar-refractivity contribution is -0.129. The highest BCUT2D eigenvalue weighted by atomic mass is 16.2. The zero-order chi connectivity index (χ0) is 26.9. The molecule has 2 rings (SSSR count). The van der Waals surface area contributed by atoms with Crippen molar-refractivity contribution in [2.45, 2.75) is 64.8 Å². The fourth-order valence-corrected chi connectivity index (χ4v) is 3.59. The molecule has 0 aromatic carbocycles. The van der Waals surface area contributed by atoms with E-state index >= 15 is 0 Å². The van der Waals surface area contributed by atoms with Gasteiger partial charge in [0.1, 0.15) is 6.04 Å². The molecule has 2 aromatic heterocycles. The van der Waals surface area contributed by atoms with Crippen molar-refractivity contribution in [3.05, 3.63) is 54.6 Å². The minimum Gasteiger partial charge on any atom is -0.354 e. The second-order valence-corrected chi connectivity index (χ2v) is 9.23. The van der Waals surface area contributed by atoms with E-state index in [0.717, 1.165) is 0 Å². The van der Waals surface area contributed by atoms with Crippen LogP contribution in [0.2, 0.25) is 0 Å². The molecule has 2 heterocycles. The van der Waals surface area contributed by atoms with Crippen LogP contribution in [0.25, 0.3) is 0 Å². The lowest BCUT2D eigenvalue weighted by atomic mass is 10.0. The van der Waals surface area contributed by atoms with Crippen molar-refractivity contribution >= 4 is 29.3 Å². The van der Waals surface area contributed by atoms with Crippen LogP contribution in [0.3, 0.4) is 0 Å². The molecule has 200 valence electrons. The average molecular weight is 511 g/mol. The lowest BCUT2D eigenvalue weighted by Gasteiger charge is -2.20. The van der Waals surface area contributed by atoms with Crippen LogP contribution in [-0.4, -0.2) is 52.7 Å². The van der Waals surface area contributed by atoms with E-state index in [4.69, 9.17) is 0 Å². The zero-order valence-corrected chi connectivity index (χ0v) is 21.7. The summed E-state index contributed by atoms with van der Waals surface area (Å²) in [6.45, 7) is 4.90. The number of nitrogens with one attached hydrogen (secondary N) is 4. The second-order valence-electron chi connectivity index (χ2n) is 9.23. The number of carbonyl (C=O) groups excluding carboxylic acids is 4. The first kappa shape index (κ1) is 29.4. The summed E-state index contributed by atoms with van der Waals surface area (Å²) in [6, 6.07) is 6.13. The van der Waals surface area contributed by atoms with Gasteiger partial charge in [-0.1, -0.05) is 13.8 Å². The van der Waals surface area contributed by atoms with E-state index in [1.54, 1.807) is 49.1 Å². The number of anilines is 1. The Labute approximate surface area is 218 Å². The predicted octanol–water partition coefficient (Wildman–Crippen LogP) is 2.83. The molecule has 0 fully saturated rings. The summed E-state index contributed by atoms with van der Waals surface area (Å²) in [5.74, 6) is -0.424. The molecule has 2 aromatic rings. The van der Waals surface area contributed by atoms with Gasteiger partial charge in [-0.2, -0.15) is 0 Å². The van der Waals surface area contributed by atoms with Crippen LogP contribution in [0.1, 0.15) is 69.2 Å². The molecule has 0 saturated carbocycles. The van der Waals surface area contributed by atoms with Gasteiger partial charge in [0.15, 0.2) is 0 Å². The number of hydrogen-bond acceptors (Lipinski definition) is 6. The number of unbranched alkanes of at least 4 members (excludes halogenated alkanes) is 2. The molecule has 0 spiro atoms. The zero-order valence-electron chi connectivity index (χ0n) is 21.7. The quantitative estimate of drug-likeness (QED) is 0.256. The number of aromatic nitrogens is 2. The topological polar surface area (TPSA) is 142 Å². The van der Waals surface area contributed by atoms with Gasteiger partial charge in [0.05, 0.1) is 0 Å². The van der Waals surface area contributed by atoms with Crippen molar-refractivity contribution in [3.63, 3.8) is 0 Å². The molecule has 0 bridgehead atoms. The van der Waals surface area contributed by atoms with Gasteiger partial charge in [-0.25, -0.2) is 0 Å². The van der Waals surface area contributed by atoms with Crippen molar-refractivity contribution in [2.24, 2.45) is 5.92 Å². The van der Waals surface area contributed by atoms with Crippen molar-refractivity contribution in [2.75, 3.05) is 18.4 Å². The summed E-state index contributed by atoms with van der Waals surface area (Å²) >= 11 is 0. The minimum absolute atomic E-state index is 0.0839. The Morgan fingerprint density at radius 3 is 1.95 bits per heavy atom. The summed E-state index contributed by atoms with van der Waals surface area (Å²) in [5, 5.41) is 11.3. The van der Waals surface area contributed by atoms with Gasteiger partial charge in [0.2, 0.25) is 17.7 Å². The van der Waals surface area contributed by atoms with Crippen LogP contribution in [0, 0.1) is 5.92 Å². The maximum atomic E-state index is 12.7. The summed E-state index contributed by atoms with van der Waals surface area (Å²) in [5.41, 5.74) is 1.25. The Hall–Kier alpha value is -3.82. The standard InChI is InChI=1S/C27H38N6O4/c1-20(2)19-23(27(37)31-14-6-3-7-24(34)32-22-11-17-29-18-12-22)33-25(35)8-4-5-13-30-26(36)21-9-15-28-16-10-21/h9-12,15-18,20,23H,3-8,13-14,19H2,1-2H3,(H,30,36)(H,31,37)(H,33,35)(H,29,32,34)/t23-/m1/s1. The third kappa shape index (κ3) is 12.6. The van der Waals surface area contributed by atoms with E-state index < -0.39 is 6.04 Å². The first-order valence-corrected chi connectivity index (χ1v) is 12.8. The number of hydrogen-bond donors (Lipinski definition) is 4. The molecule has 0 unspecified atom stereocenters. The number of amides is 4. The van der Waals surface area contributed by atoms with E-state index in [2.05, 4.69) is 31.2 Å². The van der Waals surface area contributed by atoms with E-state index in [0.29, 0.717) is 62.9 Å². The minimum atomic E-state index is -0.603. The lowest BCUT2D eigenvalue weighted by Crippen LogP contribution is -2.47. The molecule has 37 heavy (non-hydrogen) atoms. The normalized spacial score (nSPS) is 11.4. The van der Waals surface area contributed by atoms with Crippen LogP contribution in [0.4, 0.5) is 5.69 Å². The maximum Gasteiger partial charge on any atom is 0.251 e. The highest BCUT2D eigenvalue weighted by molar-refractivity contribution is 5.94. The van der Waals surface area contributed by atoms with E-state index in [1.807, 2.05) is 13.8 Å². The Morgan fingerprint density at radius 2 is 1.32 bits per heavy atom. The van der Waals surface area contributed by atoms with Gasteiger partial charge in [0.25, 0.3) is 5.91 Å². The number of nitrogens with zero attached hydrogens (tertiary/aromatic N) is 2. The van der Waals surface area contributed by atoms with Crippen LogP contribution in [0.15, 0.2) is 49.1 Å². The van der Waals surface area contributed by atoms with Crippen LogP contribution >= 0.6 is 0 Å². The van der Waals surface area contributed by atoms with Gasteiger partial charge in [-0.05, 0) is 62.3 Å². The largest absolute Gasteiger partial charge is 0.354 e. The second kappa shape index (κ2) is 16.8. The molecule has 0 aliphatic rings. The molecule has 0 radical (unpaired) electrons. The molecule has 0 aliphatic carbocycles. The predicted molar refractivity (Wildman–Crippen MR) is 142 cm³/mol. The van der Waals surface area contributed by atoms with E-state index in [1.165, 1.54) is 0 Å². The van der Waals surface area contributed by atoms with Gasteiger partial charge in [-0.3, -0.25) is 29.1 Å². The summed E-state index contributed by atoms with van der Waals surface area (Å²) < 4.78 is 0. The summed E-state index contributed by atoms with van der Waals surface area (Å²) in [6.07, 6.45) is 10.1. The number of pyridine rings is 2. The number of rotatable bonds is 16. The van der Waals surface area contributed by atoms with Crippen LogP contribution in [-0.2, 0) is 14.4 Å². The monoisotopic (exact) mass is 510 g/mol. The smallest absolute Gasteiger partial charge is 0.251 e. The summed E-state index contributed by atoms with van der Waals surface area (Å²) in [7, 11) is 0. The molecule has 4 N–H and O–H groups in total. The van der Waals surface area contributed by atoms with Gasteiger partial charge >= 0.3 is 0 Å². The van der Waals surface area contributed by atoms with Gasteiger partial charge in [-0.15, -0.1) is 0 Å². The molecular formula is C27H38N6O4. The molecule has 1 atom stereocenters. The third-order valence-electron chi connectivity index (χ3n) is 5.51. The average Bonchev–Trinajstić information content (AvgIpc) is 2.88. The Morgan fingerprint density at radius 1 is 0.757 bits per heavy atom. The van der Waals surface area contributed by atoms with Crippen molar-refractivity contribution in [1.82, 2.24) is 25.9 Å². The molecule has 10 nitrogen and oxygen atoms in total. The first-order chi connectivity index (χ1) is 17.8. The van der Waals surface area contributed by atoms with Crippen molar-refractivity contribution < 1.29 is 19.2 Å². The molecule has 4 amide bonds. The van der Waals surface area contributed by atoms with Crippen LogP contribution < -0.4 is 21.3 Å². The van der Waals surface area contributed by atoms with E-state index in [-0.39, 0.29) is 36.0 Å². The highest BCUT2D eigenvalue weighted by Gasteiger charge is 2.21. The highest BCUT2D eigenvalue weighted by Crippen LogP contribution is 2.08. The molecular weight excluding hydrogens is 472 g/mol. The number of carbonyl (C=O) groups is 4. The Kier molecular flexibility index (Phi) is 13.3. The molecule has 10 heteroatoms. The van der Waals surface area contributed by atoms with E-state index in [9.17, 15) is 19.2 Å². The van der Waals surface area contributed by atoms with Crippen molar-refractivity contribution in [1.29, 1.82) is 0 Å².